The predicted octanol–water partition coefficient (Wildman–Crippen LogP) is 1.61. The van der Waals surface area contributed by atoms with Crippen molar-refractivity contribution >= 4 is 5.97 Å². The highest BCUT2D eigenvalue weighted by atomic mass is 16.5. The van der Waals surface area contributed by atoms with Crippen LogP contribution in [0.5, 0.6) is 0 Å². The second-order valence-corrected chi connectivity index (χ2v) is 4.18. The number of nitrogens with zero attached hydrogens (tertiary/aromatic N) is 1. The van der Waals surface area contributed by atoms with Gasteiger partial charge >= 0.3 is 5.97 Å². The molecule has 0 atom stereocenters. The van der Waals surface area contributed by atoms with E-state index in [1.165, 1.54) is 0 Å². The average molecular weight is 249 g/mol. The molecule has 0 aliphatic heterocycles. The second-order valence-electron chi connectivity index (χ2n) is 4.18. The average Bonchev–Trinajstić information content (AvgIpc) is 2.85. The largest absolute Gasteiger partial charge is 0.478 e. The molecule has 0 saturated heterocycles. The van der Waals surface area contributed by atoms with Crippen LogP contribution in [-0.4, -0.2) is 21.2 Å². The van der Waals surface area contributed by atoms with E-state index in [-0.39, 0.29) is 0 Å². The van der Waals surface area contributed by atoms with Gasteiger partial charge in [-0.3, -0.25) is 0 Å². The predicted molar refractivity (Wildman–Crippen MR) is 64.3 cm³/mol. The summed E-state index contributed by atoms with van der Waals surface area (Å²) in [6, 6.07) is 3.49. The molecule has 0 aliphatic rings. The number of carbonyl (C=O) groups is 1. The Balaban J connectivity index is 1.90. The Labute approximate surface area is 104 Å². The highest BCUT2D eigenvalue weighted by Crippen LogP contribution is 2.10. The van der Waals surface area contributed by atoms with E-state index in [0.29, 0.717) is 24.3 Å². The number of aryl methyl sites for hydroxylation is 2. The molecule has 0 spiro atoms. The molecule has 0 amide bonds. The molecular formula is C12H15N3O3. The van der Waals surface area contributed by atoms with Gasteiger partial charge in [0.05, 0.1) is 17.8 Å². The van der Waals surface area contributed by atoms with Gasteiger partial charge in [-0.1, -0.05) is 5.16 Å². The molecular weight excluding hydrogens is 234 g/mol. The summed E-state index contributed by atoms with van der Waals surface area (Å²) >= 11 is 0. The van der Waals surface area contributed by atoms with Gasteiger partial charge < -0.3 is 19.9 Å². The van der Waals surface area contributed by atoms with E-state index in [0.717, 1.165) is 17.1 Å². The molecule has 0 unspecified atom stereocenters. The maximum atomic E-state index is 10.9. The third-order valence-corrected chi connectivity index (χ3v) is 2.59. The van der Waals surface area contributed by atoms with Gasteiger partial charge in [0, 0.05) is 24.0 Å². The Morgan fingerprint density at radius 1 is 1.44 bits per heavy atom. The molecule has 3 N–H and O–H groups in total. The Morgan fingerprint density at radius 3 is 2.78 bits per heavy atom. The van der Waals surface area contributed by atoms with Crippen molar-refractivity contribution < 1.29 is 14.4 Å². The van der Waals surface area contributed by atoms with Crippen molar-refractivity contribution in [1.82, 2.24) is 15.5 Å². The number of hydrogen-bond donors (Lipinski definition) is 3. The highest BCUT2D eigenvalue weighted by Gasteiger charge is 2.10. The summed E-state index contributed by atoms with van der Waals surface area (Å²) in [5.41, 5.74) is 2.65. The molecule has 18 heavy (non-hydrogen) atoms. The zero-order valence-corrected chi connectivity index (χ0v) is 10.3. The molecule has 0 aromatic carbocycles. The van der Waals surface area contributed by atoms with Crippen molar-refractivity contribution in [2.24, 2.45) is 0 Å². The van der Waals surface area contributed by atoms with Crippen LogP contribution in [0.4, 0.5) is 0 Å². The van der Waals surface area contributed by atoms with Gasteiger partial charge in [0.2, 0.25) is 0 Å². The zero-order valence-electron chi connectivity index (χ0n) is 10.3. The topological polar surface area (TPSA) is 91.2 Å². The van der Waals surface area contributed by atoms with Crippen LogP contribution in [0.3, 0.4) is 0 Å². The van der Waals surface area contributed by atoms with Crippen molar-refractivity contribution in [2.75, 3.05) is 0 Å². The van der Waals surface area contributed by atoms with E-state index in [4.69, 9.17) is 9.63 Å². The van der Waals surface area contributed by atoms with E-state index >= 15 is 0 Å². The first-order valence-corrected chi connectivity index (χ1v) is 5.61. The number of aromatic amines is 1. The maximum absolute atomic E-state index is 10.9. The van der Waals surface area contributed by atoms with Crippen molar-refractivity contribution in [3.05, 3.63) is 40.5 Å². The molecule has 2 rings (SSSR count). The molecule has 96 valence electrons. The maximum Gasteiger partial charge on any atom is 0.337 e. The number of aromatic carboxylic acids is 1. The van der Waals surface area contributed by atoms with Gasteiger partial charge in [-0.05, 0) is 19.9 Å². The molecule has 0 saturated carbocycles. The molecule has 0 aliphatic carbocycles. The molecule has 0 fully saturated rings. The molecule has 2 aromatic heterocycles. The van der Waals surface area contributed by atoms with Crippen LogP contribution in [0.25, 0.3) is 0 Å². The first-order valence-electron chi connectivity index (χ1n) is 5.61. The molecule has 2 heterocycles. The van der Waals surface area contributed by atoms with Crippen molar-refractivity contribution in [1.29, 1.82) is 0 Å². The smallest absolute Gasteiger partial charge is 0.337 e. The van der Waals surface area contributed by atoms with E-state index in [1.54, 1.807) is 13.0 Å². The Bertz CT molecular complexity index is 557. The lowest BCUT2D eigenvalue weighted by atomic mass is 10.2. The number of H-pyrrole nitrogens is 1. The third-order valence-electron chi connectivity index (χ3n) is 2.59. The van der Waals surface area contributed by atoms with E-state index in [9.17, 15) is 4.79 Å². The normalized spacial score (nSPS) is 10.8. The zero-order chi connectivity index (χ0) is 13.1. The highest BCUT2D eigenvalue weighted by molar-refractivity contribution is 5.89. The van der Waals surface area contributed by atoms with Crippen molar-refractivity contribution in [3.63, 3.8) is 0 Å². The number of rotatable bonds is 5. The van der Waals surface area contributed by atoms with Gasteiger partial charge in [0.25, 0.3) is 0 Å². The molecule has 0 radical (unpaired) electrons. The lowest BCUT2D eigenvalue weighted by Crippen LogP contribution is -2.12. The second kappa shape index (κ2) is 5.05. The molecule has 0 bridgehead atoms. The Kier molecular flexibility index (Phi) is 3.47. The lowest BCUT2D eigenvalue weighted by Gasteiger charge is -1.99. The van der Waals surface area contributed by atoms with Gasteiger partial charge in [0.1, 0.15) is 0 Å². The minimum Gasteiger partial charge on any atom is -0.478 e. The summed E-state index contributed by atoms with van der Waals surface area (Å²) in [6.45, 7) is 4.71. The van der Waals surface area contributed by atoms with Gasteiger partial charge in [-0.25, -0.2) is 4.79 Å². The van der Waals surface area contributed by atoms with Crippen LogP contribution in [0.1, 0.15) is 33.2 Å². The first-order chi connectivity index (χ1) is 8.56. The molecule has 6 nitrogen and oxygen atoms in total. The van der Waals surface area contributed by atoms with Crippen molar-refractivity contribution in [3.8, 4) is 0 Å². The summed E-state index contributed by atoms with van der Waals surface area (Å²) in [7, 11) is 0. The SMILES string of the molecule is Cc1cc(CNCc2cc(C(=O)O)c(C)[nH]2)on1. The fourth-order valence-electron chi connectivity index (χ4n) is 1.76. The summed E-state index contributed by atoms with van der Waals surface area (Å²) in [5, 5.41) is 15.9. The Hall–Kier alpha value is -2.08. The van der Waals surface area contributed by atoms with Crippen LogP contribution in [0, 0.1) is 13.8 Å². The number of carboxylic acids is 1. The van der Waals surface area contributed by atoms with Gasteiger partial charge in [-0.15, -0.1) is 0 Å². The Morgan fingerprint density at radius 2 is 2.22 bits per heavy atom. The third kappa shape index (κ3) is 2.78. The molecule has 2 aromatic rings. The number of hydrogen-bond acceptors (Lipinski definition) is 4. The number of nitrogens with one attached hydrogen (secondary N) is 2. The van der Waals surface area contributed by atoms with Crippen LogP contribution in [0.15, 0.2) is 16.7 Å². The quantitative estimate of drug-likeness (QED) is 0.748. The standard InChI is InChI=1S/C12H15N3O3/c1-7-3-10(18-15-7)6-13-5-9-4-11(12(16)17)8(2)14-9/h3-4,13-14H,5-6H2,1-2H3,(H,16,17). The first kappa shape index (κ1) is 12.4. The number of carboxylic acid groups (broad SMARTS) is 1. The lowest BCUT2D eigenvalue weighted by molar-refractivity contribution is 0.0696. The minimum absolute atomic E-state index is 0.308. The monoisotopic (exact) mass is 249 g/mol. The summed E-state index contributed by atoms with van der Waals surface area (Å²) in [5.74, 6) is -0.157. The van der Waals surface area contributed by atoms with E-state index < -0.39 is 5.97 Å². The van der Waals surface area contributed by atoms with Crippen LogP contribution in [-0.2, 0) is 13.1 Å². The van der Waals surface area contributed by atoms with Gasteiger partial charge in [-0.2, -0.15) is 0 Å². The van der Waals surface area contributed by atoms with Crippen LogP contribution in [0.2, 0.25) is 0 Å². The number of aromatic nitrogens is 2. The minimum atomic E-state index is -0.916. The van der Waals surface area contributed by atoms with E-state index in [1.807, 2.05) is 13.0 Å². The van der Waals surface area contributed by atoms with Crippen LogP contribution < -0.4 is 5.32 Å². The summed E-state index contributed by atoms with van der Waals surface area (Å²) in [6.07, 6.45) is 0. The molecule has 6 heteroatoms. The van der Waals surface area contributed by atoms with Crippen LogP contribution >= 0.6 is 0 Å². The summed E-state index contributed by atoms with van der Waals surface area (Å²) in [4.78, 5) is 13.9. The fraction of sp³-hybridized carbons (Fsp3) is 0.333. The fourth-order valence-corrected chi connectivity index (χ4v) is 1.76. The van der Waals surface area contributed by atoms with E-state index in [2.05, 4.69) is 15.5 Å². The summed E-state index contributed by atoms with van der Waals surface area (Å²) < 4.78 is 5.05. The van der Waals surface area contributed by atoms with Gasteiger partial charge in [0.15, 0.2) is 5.76 Å². The van der Waals surface area contributed by atoms with Crippen molar-refractivity contribution in [2.45, 2.75) is 26.9 Å².